The molecule has 0 saturated carbocycles. The Kier molecular flexibility index (Phi) is 9.47. The first-order chi connectivity index (χ1) is 23.0. The molecule has 14 heteroatoms. The van der Waals surface area contributed by atoms with Gasteiger partial charge in [0.05, 0.1) is 38.8 Å². The molecule has 0 aromatic heterocycles. The molecule has 0 unspecified atom stereocenters. The van der Waals surface area contributed by atoms with Crippen molar-refractivity contribution in [1.82, 2.24) is 0 Å². The lowest BCUT2D eigenvalue weighted by Gasteiger charge is -2.18. The van der Waals surface area contributed by atoms with Crippen LogP contribution in [0, 0.1) is 13.8 Å². The van der Waals surface area contributed by atoms with Crippen LogP contribution in [0.4, 0.5) is 22.7 Å². The highest BCUT2D eigenvalue weighted by molar-refractivity contribution is 7.94. The number of carbonyl (C=O) groups is 2. The molecule has 0 saturated heterocycles. The number of benzene rings is 4. The number of aryl methyl sites for hydroxylation is 2. The van der Waals surface area contributed by atoms with E-state index in [1.807, 2.05) is 50.2 Å². The molecule has 0 spiro atoms. The van der Waals surface area contributed by atoms with Crippen LogP contribution in [0.25, 0.3) is 23.3 Å². The summed E-state index contributed by atoms with van der Waals surface area (Å²) in [5.41, 5.74) is 25.9. The van der Waals surface area contributed by atoms with Crippen molar-refractivity contribution in [2.45, 2.75) is 33.4 Å². The Labute approximate surface area is 295 Å². The molecule has 0 bridgehead atoms. The number of nitrogens with two attached hydrogens (primary N) is 2. The van der Waals surface area contributed by atoms with Crippen molar-refractivity contribution in [2.24, 2.45) is 10.2 Å². The third-order valence-electron chi connectivity index (χ3n) is 8.01. The number of hydrogen-bond acceptors (Lipinski definition) is 14. The van der Waals surface area contributed by atoms with Gasteiger partial charge in [0.2, 0.25) is 11.6 Å². The summed E-state index contributed by atoms with van der Waals surface area (Å²) in [6.07, 6.45) is 6.62. The summed E-state index contributed by atoms with van der Waals surface area (Å²) in [7, 11) is 0. The van der Waals surface area contributed by atoms with Gasteiger partial charge in [-0.25, -0.2) is 0 Å². The molecule has 0 atom stereocenters. The number of thiol groups is 2. The minimum atomic E-state index is -0.369. The summed E-state index contributed by atoms with van der Waals surface area (Å²) in [6, 6.07) is 14.9. The van der Waals surface area contributed by atoms with E-state index in [9.17, 15) is 18.7 Å². The average Bonchev–Trinajstić information content (AvgIpc) is 3.07. The minimum absolute atomic E-state index is 0.172. The van der Waals surface area contributed by atoms with E-state index in [0.29, 0.717) is 66.2 Å². The van der Waals surface area contributed by atoms with Crippen LogP contribution >= 0.6 is 49.3 Å². The third-order valence-corrected chi connectivity index (χ3v) is 9.82. The van der Waals surface area contributed by atoms with Crippen LogP contribution in [0.15, 0.2) is 90.5 Å². The lowest BCUT2D eigenvalue weighted by atomic mass is 9.93. The van der Waals surface area contributed by atoms with E-state index in [2.05, 4.69) is 46.3 Å². The number of allylic oxidation sites excluding steroid dienone is 2. The van der Waals surface area contributed by atoms with Crippen LogP contribution in [0.5, 0.6) is 0 Å². The number of carbonyl (C=O) groups excluding carboxylic acids is 2. The standard InChI is InChI=1S/C34H28N6O4S4/c1-15-11-17(3-7-21(15)37-39-23-9-5-19-25(45)13-28(48-44)32(36)29(19)33(23)41)18-4-8-22(16(2)12-18)38-40-24-10-6-20-27(47-43)14-26(46)31(35)30(20)34(24)42/h3-14,37-38,43-46H,35-36H2,1-2H3/b39-23+,40-24+. The van der Waals surface area contributed by atoms with Gasteiger partial charge in [0, 0.05) is 49.9 Å². The molecule has 242 valence electrons. The van der Waals surface area contributed by atoms with Gasteiger partial charge in [-0.05, 0) is 84.7 Å². The summed E-state index contributed by atoms with van der Waals surface area (Å²) in [4.78, 5) is 28.2. The molecule has 10 nitrogen and oxygen atoms in total. The molecule has 6 rings (SSSR count). The Hall–Kier alpha value is -4.44. The van der Waals surface area contributed by atoms with Crippen molar-refractivity contribution < 1.29 is 18.7 Å². The van der Waals surface area contributed by atoms with E-state index < -0.39 is 0 Å². The molecular weight excluding hydrogens is 685 g/mol. The fourth-order valence-electron chi connectivity index (χ4n) is 5.41. The maximum atomic E-state index is 13.2. The van der Waals surface area contributed by atoms with Gasteiger partial charge in [0.15, 0.2) is 0 Å². The Balaban J connectivity index is 1.18. The molecule has 0 aliphatic heterocycles. The first-order valence-electron chi connectivity index (χ1n) is 14.3. The summed E-state index contributed by atoms with van der Waals surface area (Å²) in [6.45, 7) is 3.88. The molecule has 4 aromatic carbocycles. The fourth-order valence-corrected chi connectivity index (χ4v) is 6.95. The number of anilines is 4. The molecule has 0 fully saturated rings. The van der Waals surface area contributed by atoms with Gasteiger partial charge in [0.25, 0.3) is 0 Å². The van der Waals surface area contributed by atoms with Gasteiger partial charge in [-0.1, -0.05) is 24.3 Å². The smallest absolute Gasteiger partial charge is 0.215 e. The SMILES string of the molecule is Cc1cc(-c2ccc(N/N=C3\C=Cc4c(SO)cc(S)c(N)c4C3=O)c(C)c2)ccc1N/N=C1\C=Cc2c(S)cc(SO)c(N)c2C1=O. The maximum Gasteiger partial charge on any atom is 0.215 e. The zero-order valence-electron chi connectivity index (χ0n) is 25.4. The summed E-state index contributed by atoms with van der Waals surface area (Å²) in [5.74, 6) is -0.737. The van der Waals surface area contributed by atoms with Crippen molar-refractivity contribution in [3.8, 4) is 11.1 Å². The Morgan fingerprint density at radius 2 is 1.12 bits per heavy atom. The van der Waals surface area contributed by atoms with E-state index in [-0.39, 0.29) is 45.5 Å². The molecular formula is C34H28N6O4S4. The lowest BCUT2D eigenvalue weighted by Crippen LogP contribution is -2.21. The second kappa shape index (κ2) is 13.6. The van der Waals surface area contributed by atoms with Crippen molar-refractivity contribution >= 4 is 107 Å². The highest BCUT2D eigenvalue weighted by atomic mass is 32.2. The Morgan fingerprint density at radius 1 is 0.646 bits per heavy atom. The van der Waals surface area contributed by atoms with Crippen molar-refractivity contribution in [2.75, 3.05) is 22.3 Å². The van der Waals surface area contributed by atoms with Crippen LogP contribution in [-0.2, 0) is 0 Å². The predicted octanol–water partition coefficient (Wildman–Crippen LogP) is 8.20. The summed E-state index contributed by atoms with van der Waals surface area (Å²) in [5, 5.41) is 8.70. The predicted molar refractivity (Wildman–Crippen MR) is 203 cm³/mol. The van der Waals surface area contributed by atoms with E-state index in [1.165, 1.54) is 0 Å². The van der Waals surface area contributed by atoms with Crippen LogP contribution < -0.4 is 22.3 Å². The first kappa shape index (κ1) is 33.5. The normalized spacial score (nSPS) is 15.2. The molecule has 8 N–H and O–H groups in total. The minimum Gasteiger partial charge on any atom is -0.397 e. The number of Topliss-reactive ketones (excluding diaryl/α,β-unsaturated/α-hetero) is 2. The van der Waals surface area contributed by atoms with E-state index in [4.69, 9.17) is 11.5 Å². The second-order valence-corrected chi connectivity index (χ2v) is 13.2. The van der Waals surface area contributed by atoms with Gasteiger partial charge < -0.3 is 20.6 Å². The number of ketones is 2. The average molecular weight is 713 g/mol. The number of nitrogens with one attached hydrogen (secondary N) is 2. The molecule has 4 aromatic rings. The van der Waals surface area contributed by atoms with E-state index >= 15 is 0 Å². The lowest BCUT2D eigenvalue weighted by molar-refractivity contribution is 0.105. The number of hydrazone groups is 2. The largest absolute Gasteiger partial charge is 0.397 e. The van der Waals surface area contributed by atoms with Gasteiger partial charge in [-0.15, -0.1) is 25.3 Å². The summed E-state index contributed by atoms with van der Waals surface area (Å²) < 4.78 is 19.2. The van der Waals surface area contributed by atoms with Gasteiger partial charge in [0.1, 0.15) is 11.4 Å². The van der Waals surface area contributed by atoms with Crippen LogP contribution in [0.2, 0.25) is 0 Å². The van der Waals surface area contributed by atoms with E-state index in [0.717, 1.165) is 22.3 Å². The molecule has 48 heavy (non-hydrogen) atoms. The second-order valence-electron chi connectivity index (χ2n) is 11.0. The van der Waals surface area contributed by atoms with Crippen molar-refractivity contribution in [3.05, 3.63) is 94.1 Å². The number of hydrogen-bond donors (Lipinski definition) is 8. The number of fused-ring (bicyclic) bond motifs is 2. The summed E-state index contributed by atoms with van der Waals surface area (Å²) >= 11 is 9.76. The highest BCUT2D eigenvalue weighted by Crippen LogP contribution is 2.38. The fraction of sp³-hybridized carbons (Fsp3) is 0.0588. The van der Waals surface area contributed by atoms with Crippen molar-refractivity contribution in [1.29, 1.82) is 0 Å². The van der Waals surface area contributed by atoms with Gasteiger partial charge >= 0.3 is 0 Å². The van der Waals surface area contributed by atoms with Gasteiger partial charge in [-0.2, -0.15) is 10.2 Å². The Bertz CT molecular complexity index is 2180. The molecule has 0 amide bonds. The number of nitrogens with zero attached hydrogens (tertiary/aromatic N) is 2. The topological polar surface area (TPSA) is 175 Å². The first-order valence-corrected chi connectivity index (χ1v) is 16.7. The quantitative estimate of drug-likeness (QED) is 0.0404. The maximum absolute atomic E-state index is 13.2. The monoisotopic (exact) mass is 712 g/mol. The molecule has 2 aliphatic carbocycles. The van der Waals surface area contributed by atoms with E-state index in [1.54, 1.807) is 36.4 Å². The zero-order valence-corrected chi connectivity index (χ0v) is 28.8. The Morgan fingerprint density at radius 3 is 1.62 bits per heavy atom. The third kappa shape index (κ3) is 6.14. The molecule has 0 radical (unpaired) electrons. The zero-order chi connectivity index (χ0) is 34.3. The number of rotatable bonds is 7. The van der Waals surface area contributed by atoms with Gasteiger partial charge in [-0.3, -0.25) is 20.4 Å². The highest BCUT2D eigenvalue weighted by Gasteiger charge is 2.27. The molecule has 0 heterocycles. The number of nitrogen functional groups attached to an aromatic ring is 2. The van der Waals surface area contributed by atoms with Crippen LogP contribution in [-0.4, -0.2) is 32.1 Å². The van der Waals surface area contributed by atoms with Crippen LogP contribution in [0.1, 0.15) is 43.0 Å². The molecule has 2 aliphatic rings. The van der Waals surface area contributed by atoms with Crippen molar-refractivity contribution in [3.63, 3.8) is 0 Å². The van der Waals surface area contributed by atoms with Crippen LogP contribution in [0.3, 0.4) is 0 Å².